The number of nitrogens with one attached hydrogen (secondary N) is 1. The van der Waals surface area contributed by atoms with Gasteiger partial charge in [0.2, 0.25) is 0 Å². The molecule has 0 unspecified atom stereocenters. The van der Waals surface area contributed by atoms with E-state index in [1.807, 2.05) is 23.2 Å². The normalized spacial score (nSPS) is 21.1. The summed E-state index contributed by atoms with van der Waals surface area (Å²) >= 11 is 0. The first kappa shape index (κ1) is 20.1. The molecule has 0 bridgehead atoms. The number of amides is 2. The summed E-state index contributed by atoms with van der Waals surface area (Å²) in [6.45, 7) is 12.0. The Morgan fingerprint density at radius 2 is 1.96 bits per heavy atom. The molecule has 1 atom stereocenters. The molecule has 6 heteroatoms. The van der Waals surface area contributed by atoms with Gasteiger partial charge in [-0.25, -0.2) is 4.79 Å². The molecule has 2 aliphatic rings. The molecule has 1 aromatic heterocycles. The third-order valence-electron chi connectivity index (χ3n) is 5.51. The number of hydrogen-bond donors (Lipinski definition) is 1. The van der Waals surface area contributed by atoms with Gasteiger partial charge < -0.3 is 15.0 Å². The Morgan fingerprint density at radius 1 is 1.26 bits per heavy atom. The molecule has 27 heavy (non-hydrogen) atoms. The van der Waals surface area contributed by atoms with Gasteiger partial charge in [0.25, 0.3) is 0 Å². The maximum atomic E-state index is 12.9. The monoisotopic (exact) mass is 374 g/mol. The maximum Gasteiger partial charge on any atom is 0.317 e. The van der Waals surface area contributed by atoms with Crippen LogP contribution in [0.15, 0.2) is 24.5 Å². The van der Waals surface area contributed by atoms with Gasteiger partial charge in [-0.1, -0.05) is 26.8 Å². The van der Waals surface area contributed by atoms with Crippen molar-refractivity contribution in [3.63, 3.8) is 0 Å². The van der Waals surface area contributed by atoms with Crippen LogP contribution in [0.5, 0.6) is 0 Å². The van der Waals surface area contributed by atoms with Gasteiger partial charge in [-0.3, -0.25) is 9.88 Å². The lowest BCUT2D eigenvalue weighted by Gasteiger charge is -2.40. The second-order valence-electron chi connectivity index (χ2n) is 8.92. The molecule has 2 fully saturated rings. The smallest absolute Gasteiger partial charge is 0.317 e. The van der Waals surface area contributed by atoms with E-state index in [0.29, 0.717) is 6.04 Å². The third-order valence-corrected chi connectivity index (χ3v) is 5.51. The van der Waals surface area contributed by atoms with Crippen LogP contribution in [-0.2, 0) is 4.74 Å². The predicted octanol–water partition coefficient (Wildman–Crippen LogP) is 3.07. The number of aromatic nitrogens is 1. The number of urea groups is 1. The summed E-state index contributed by atoms with van der Waals surface area (Å²) in [6.07, 6.45) is 6.61. The lowest BCUT2D eigenvalue weighted by molar-refractivity contribution is 0.00369. The standard InChI is InChI=1S/C21H34N4O2/c1-21(2,3)15-19(17-5-4-8-22-16-17)23-20(26)25-9-6-18(7-10-25)24-11-13-27-14-12-24/h4-5,8,16,18-19H,6-7,9-15H2,1-3H3,(H,23,26)/t19-/m1/s1. The fraction of sp³-hybridized carbons (Fsp3) is 0.714. The fourth-order valence-corrected chi connectivity index (χ4v) is 4.06. The van der Waals surface area contributed by atoms with E-state index in [9.17, 15) is 4.79 Å². The van der Waals surface area contributed by atoms with Crippen LogP contribution in [-0.4, -0.2) is 66.2 Å². The minimum absolute atomic E-state index is 0.0110. The molecule has 2 amide bonds. The second-order valence-corrected chi connectivity index (χ2v) is 8.92. The summed E-state index contributed by atoms with van der Waals surface area (Å²) in [7, 11) is 0. The third kappa shape index (κ3) is 5.91. The molecular formula is C21H34N4O2. The molecule has 0 radical (unpaired) electrons. The Morgan fingerprint density at radius 3 is 2.56 bits per heavy atom. The molecule has 3 rings (SSSR count). The van der Waals surface area contributed by atoms with Crippen molar-refractivity contribution in [2.75, 3.05) is 39.4 Å². The molecule has 2 saturated heterocycles. The van der Waals surface area contributed by atoms with Gasteiger partial charge in [0.05, 0.1) is 19.3 Å². The summed E-state index contributed by atoms with van der Waals surface area (Å²) in [4.78, 5) is 21.6. The van der Waals surface area contributed by atoms with E-state index in [1.165, 1.54) is 0 Å². The van der Waals surface area contributed by atoms with Crippen molar-refractivity contribution >= 4 is 6.03 Å². The van der Waals surface area contributed by atoms with Crippen molar-refractivity contribution in [1.82, 2.24) is 20.1 Å². The number of carbonyl (C=O) groups is 1. The Kier molecular flexibility index (Phi) is 6.71. The highest BCUT2D eigenvalue weighted by Gasteiger charge is 2.29. The first-order valence-electron chi connectivity index (χ1n) is 10.2. The molecule has 3 heterocycles. The van der Waals surface area contributed by atoms with Crippen molar-refractivity contribution in [3.05, 3.63) is 30.1 Å². The van der Waals surface area contributed by atoms with E-state index in [4.69, 9.17) is 4.74 Å². The SMILES string of the molecule is CC(C)(C)C[C@@H](NC(=O)N1CCC(N2CCOCC2)CC1)c1cccnc1. The molecule has 0 aliphatic carbocycles. The van der Waals surface area contributed by atoms with E-state index < -0.39 is 0 Å². The number of morpholine rings is 1. The van der Waals surface area contributed by atoms with E-state index in [-0.39, 0.29) is 17.5 Å². The predicted molar refractivity (Wildman–Crippen MR) is 107 cm³/mol. The minimum Gasteiger partial charge on any atom is -0.379 e. The fourth-order valence-electron chi connectivity index (χ4n) is 4.06. The average Bonchev–Trinajstić information content (AvgIpc) is 2.68. The number of rotatable bonds is 4. The highest BCUT2D eigenvalue weighted by atomic mass is 16.5. The van der Waals surface area contributed by atoms with Gasteiger partial charge in [-0.05, 0) is 36.3 Å². The van der Waals surface area contributed by atoms with Crippen molar-refractivity contribution < 1.29 is 9.53 Å². The lowest BCUT2D eigenvalue weighted by Crippen LogP contribution is -2.52. The van der Waals surface area contributed by atoms with E-state index in [1.54, 1.807) is 6.20 Å². The van der Waals surface area contributed by atoms with Gasteiger partial charge in [0, 0.05) is 44.6 Å². The topological polar surface area (TPSA) is 57.7 Å². The Balaban J connectivity index is 1.56. The van der Waals surface area contributed by atoms with Crippen LogP contribution < -0.4 is 5.32 Å². The van der Waals surface area contributed by atoms with Crippen molar-refractivity contribution in [3.8, 4) is 0 Å². The van der Waals surface area contributed by atoms with Crippen molar-refractivity contribution in [1.29, 1.82) is 0 Å². The number of nitrogens with zero attached hydrogens (tertiary/aromatic N) is 3. The zero-order chi connectivity index (χ0) is 19.3. The van der Waals surface area contributed by atoms with Gasteiger partial charge in [0.1, 0.15) is 0 Å². The highest BCUT2D eigenvalue weighted by molar-refractivity contribution is 5.74. The van der Waals surface area contributed by atoms with E-state index in [0.717, 1.165) is 64.2 Å². The van der Waals surface area contributed by atoms with Crippen molar-refractivity contribution in [2.24, 2.45) is 5.41 Å². The van der Waals surface area contributed by atoms with Crippen LogP contribution in [0.1, 0.15) is 51.6 Å². The number of carbonyl (C=O) groups excluding carboxylic acids is 1. The molecule has 1 aromatic rings. The van der Waals surface area contributed by atoms with Gasteiger partial charge in [-0.2, -0.15) is 0 Å². The number of likely N-dealkylation sites (tertiary alicyclic amines) is 1. The van der Waals surface area contributed by atoms with E-state index in [2.05, 4.69) is 36.0 Å². The Hall–Kier alpha value is -1.66. The zero-order valence-electron chi connectivity index (χ0n) is 17.0. The van der Waals surface area contributed by atoms with Crippen LogP contribution in [0.2, 0.25) is 0 Å². The summed E-state index contributed by atoms with van der Waals surface area (Å²) in [6, 6.07) is 4.61. The van der Waals surface area contributed by atoms with E-state index >= 15 is 0 Å². The highest BCUT2D eigenvalue weighted by Crippen LogP contribution is 2.29. The summed E-state index contributed by atoms with van der Waals surface area (Å²) in [5.74, 6) is 0. The number of pyridine rings is 1. The second kappa shape index (κ2) is 9.02. The molecular weight excluding hydrogens is 340 g/mol. The molecule has 0 saturated carbocycles. The summed E-state index contributed by atoms with van der Waals surface area (Å²) in [5.41, 5.74) is 1.20. The van der Waals surface area contributed by atoms with Gasteiger partial charge in [-0.15, -0.1) is 0 Å². The molecule has 150 valence electrons. The van der Waals surface area contributed by atoms with Crippen LogP contribution in [0.3, 0.4) is 0 Å². The van der Waals surface area contributed by atoms with Gasteiger partial charge in [0.15, 0.2) is 0 Å². The minimum atomic E-state index is -0.0110. The Bertz CT molecular complexity index is 588. The molecule has 1 N–H and O–H groups in total. The number of hydrogen-bond acceptors (Lipinski definition) is 4. The molecule has 0 spiro atoms. The lowest BCUT2D eigenvalue weighted by atomic mass is 9.86. The van der Waals surface area contributed by atoms with Crippen molar-refractivity contribution in [2.45, 2.75) is 52.1 Å². The first-order chi connectivity index (χ1) is 12.9. The van der Waals surface area contributed by atoms with Gasteiger partial charge >= 0.3 is 6.03 Å². The molecule has 6 nitrogen and oxygen atoms in total. The Labute approximate surface area is 163 Å². The number of piperidine rings is 1. The van der Waals surface area contributed by atoms with Crippen LogP contribution in [0.4, 0.5) is 4.79 Å². The average molecular weight is 375 g/mol. The number of ether oxygens (including phenoxy) is 1. The van der Waals surface area contributed by atoms with Crippen LogP contribution in [0.25, 0.3) is 0 Å². The zero-order valence-corrected chi connectivity index (χ0v) is 17.0. The summed E-state index contributed by atoms with van der Waals surface area (Å²) in [5, 5.41) is 3.27. The summed E-state index contributed by atoms with van der Waals surface area (Å²) < 4.78 is 5.45. The quantitative estimate of drug-likeness (QED) is 0.880. The largest absolute Gasteiger partial charge is 0.379 e. The molecule has 0 aromatic carbocycles. The van der Waals surface area contributed by atoms with Crippen LogP contribution in [0, 0.1) is 5.41 Å². The first-order valence-corrected chi connectivity index (χ1v) is 10.2. The molecule has 2 aliphatic heterocycles. The van der Waals surface area contributed by atoms with Crippen LogP contribution >= 0.6 is 0 Å². The maximum absolute atomic E-state index is 12.9.